The monoisotopic (exact) mass is 463 g/mol. The van der Waals surface area contributed by atoms with E-state index in [2.05, 4.69) is 41.4 Å². The van der Waals surface area contributed by atoms with Crippen molar-refractivity contribution < 1.29 is 9.53 Å². The molecule has 1 atom stereocenters. The van der Waals surface area contributed by atoms with Crippen LogP contribution in [-0.2, 0) is 0 Å². The number of carbonyl (C=O) groups excluding carboxylic acids is 1. The van der Waals surface area contributed by atoms with Gasteiger partial charge in [0.25, 0.3) is 0 Å². The number of rotatable bonds is 3. The second kappa shape index (κ2) is 7.72. The number of aromatic nitrogens is 5. The van der Waals surface area contributed by atoms with E-state index < -0.39 is 0 Å². The van der Waals surface area contributed by atoms with Crippen LogP contribution in [0.2, 0.25) is 5.02 Å². The van der Waals surface area contributed by atoms with E-state index >= 15 is 0 Å². The van der Waals surface area contributed by atoms with E-state index in [1.54, 1.807) is 23.4 Å². The van der Waals surface area contributed by atoms with Crippen LogP contribution in [0.5, 0.6) is 5.75 Å². The van der Waals surface area contributed by atoms with E-state index in [1.165, 1.54) is 23.4 Å². The largest absolute Gasteiger partial charge is 0.485 e. The minimum Gasteiger partial charge on any atom is -0.485 e. The Morgan fingerprint density at radius 2 is 2.14 bits per heavy atom. The van der Waals surface area contributed by atoms with Crippen molar-refractivity contribution in [2.24, 2.45) is 0 Å². The summed E-state index contributed by atoms with van der Waals surface area (Å²) < 4.78 is 6.66. The molecule has 0 bridgehead atoms. The summed E-state index contributed by atoms with van der Waals surface area (Å²) in [7, 11) is 0. The molecule has 0 aromatic carbocycles. The number of anilines is 2. The minimum atomic E-state index is -0.328. The van der Waals surface area contributed by atoms with Gasteiger partial charge in [-0.25, -0.2) is 9.78 Å². The van der Waals surface area contributed by atoms with Gasteiger partial charge in [0, 0.05) is 6.20 Å². The van der Waals surface area contributed by atoms with Crippen LogP contribution in [0.4, 0.5) is 16.2 Å². The zero-order valence-electron chi connectivity index (χ0n) is 14.7. The standard InChI is InChI=1S/C17H15BrClN7O2/c1-2-11-9-25(14-8-20-7-12(18)15(14)28-11)17(27)24-10-5-13(19)16(21-6-10)26-22-3-4-23-26/h3-8,11H,2,9H2,1H3,(H,24,27). The van der Waals surface area contributed by atoms with Crippen molar-refractivity contribution in [3.63, 3.8) is 0 Å². The molecule has 0 fully saturated rings. The van der Waals surface area contributed by atoms with E-state index in [0.717, 1.165) is 6.42 Å². The van der Waals surface area contributed by atoms with Crippen LogP contribution in [0, 0.1) is 0 Å². The van der Waals surface area contributed by atoms with Gasteiger partial charge in [0.05, 0.1) is 46.5 Å². The molecule has 0 spiro atoms. The maximum atomic E-state index is 12.9. The molecule has 1 N–H and O–H groups in total. The fraction of sp³-hybridized carbons (Fsp3) is 0.235. The number of hydrogen-bond donors (Lipinski definition) is 1. The Kier molecular flexibility index (Phi) is 5.14. The maximum Gasteiger partial charge on any atom is 0.326 e. The SMILES string of the molecule is CCC1CN(C(=O)Nc2cnc(-n3nccn3)c(Cl)c2)c2cncc(Br)c2O1. The third-order valence-corrected chi connectivity index (χ3v) is 5.02. The molecule has 3 aromatic heterocycles. The highest BCUT2D eigenvalue weighted by atomic mass is 79.9. The molecular weight excluding hydrogens is 450 g/mol. The molecule has 144 valence electrons. The van der Waals surface area contributed by atoms with E-state index in [1.807, 2.05) is 6.92 Å². The van der Waals surface area contributed by atoms with E-state index in [4.69, 9.17) is 16.3 Å². The van der Waals surface area contributed by atoms with E-state index in [0.29, 0.717) is 39.0 Å². The van der Waals surface area contributed by atoms with Gasteiger partial charge in [0.15, 0.2) is 11.6 Å². The molecule has 4 heterocycles. The van der Waals surface area contributed by atoms with Crippen LogP contribution in [0.15, 0.2) is 41.5 Å². The molecule has 1 aliphatic rings. The fourth-order valence-corrected chi connectivity index (χ4v) is 3.45. The second-order valence-corrected chi connectivity index (χ2v) is 7.27. The average Bonchev–Trinajstić information content (AvgIpc) is 3.22. The lowest BCUT2D eigenvalue weighted by atomic mass is 10.2. The normalized spacial score (nSPS) is 15.7. The van der Waals surface area contributed by atoms with Crippen molar-refractivity contribution in [1.29, 1.82) is 0 Å². The molecular formula is C17H15BrClN7O2. The lowest BCUT2D eigenvalue weighted by molar-refractivity contribution is 0.187. The van der Waals surface area contributed by atoms with Gasteiger partial charge in [-0.15, -0.1) is 4.80 Å². The lowest BCUT2D eigenvalue weighted by Crippen LogP contribution is -2.45. The zero-order valence-corrected chi connectivity index (χ0v) is 17.1. The third kappa shape index (κ3) is 3.52. The summed E-state index contributed by atoms with van der Waals surface area (Å²) in [5.74, 6) is 0.972. The summed E-state index contributed by atoms with van der Waals surface area (Å²) in [6.07, 6.45) is 8.44. The summed E-state index contributed by atoms with van der Waals surface area (Å²) in [6.45, 7) is 2.41. The number of urea groups is 1. The topological polar surface area (TPSA) is 98.1 Å². The Bertz CT molecular complexity index is 1010. The van der Waals surface area contributed by atoms with E-state index in [9.17, 15) is 4.79 Å². The average molecular weight is 465 g/mol. The molecule has 1 unspecified atom stereocenters. The summed E-state index contributed by atoms with van der Waals surface area (Å²) in [5, 5.41) is 11.1. The minimum absolute atomic E-state index is 0.119. The van der Waals surface area contributed by atoms with Crippen LogP contribution in [0.1, 0.15) is 13.3 Å². The van der Waals surface area contributed by atoms with Gasteiger partial charge in [-0.05, 0) is 28.4 Å². The number of nitrogens with zero attached hydrogens (tertiary/aromatic N) is 6. The molecule has 1 aliphatic heterocycles. The van der Waals surface area contributed by atoms with Crippen molar-refractivity contribution in [3.8, 4) is 11.6 Å². The van der Waals surface area contributed by atoms with Crippen molar-refractivity contribution in [1.82, 2.24) is 25.0 Å². The highest BCUT2D eigenvalue weighted by Gasteiger charge is 2.31. The highest BCUT2D eigenvalue weighted by Crippen LogP contribution is 2.39. The van der Waals surface area contributed by atoms with Gasteiger partial charge < -0.3 is 10.1 Å². The Labute approximate surface area is 173 Å². The van der Waals surface area contributed by atoms with Crippen LogP contribution >= 0.6 is 27.5 Å². The first-order chi connectivity index (χ1) is 13.6. The Morgan fingerprint density at radius 3 is 2.86 bits per heavy atom. The molecule has 11 heteroatoms. The van der Waals surface area contributed by atoms with Crippen molar-refractivity contribution in [2.45, 2.75) is 19.4 Å². The first-order valence-electron chi connectivity index (χ1n) is 8.47. The number of carbonyl (C=O) groups is 1. The first-order valence-corrected chi connectivity index (χ1v) is 9.64. The fourth-order valence-electron chi connectivity index (χ4n) is 2.79. The summed E-state index contributed by atoms with van der Waals surface area (Å²) in [5.41, 5.74) is 1.04. The van der Waals surface area contributed by atoms with Gasteiger partial charge >= 0.3 is 6.03 Å². The van der Waals surface area contributed by atoms with Crippen LogP contribution in [0.3, 0.4) is 0 Å². The van der Waals surface area contributed by atoms with Crippen molar-refractivity contribution in [2.75, 3.05) is 16.8 Å². The Hall–Kier alpha value is -2.72. The summed E-state index contributed by atoms with van der Waals surface area (Å²) in [4.78, 5) is 24.2. The van der Waals surface area contributed by atoms with Crippen LogP contribution in [0.25, 0.3) is 5.82 Å². The van der Waals surface area contributed by atoms with Crippen molar-refractivity contribution in [3.05, 3.63) is 46.5 Å². The van der Waals surface area contributed by atoms with Crippen LogP contribution < -0.4 is 15.0 Å². The maximum absolute atomic E-state index is 12.9. The molecule has 3 aromatic rings. The van der Waals surface area contributed by atoms with Gasteiger partial charge in [0.1, 0.15) is 11.8 Å². The molecule has 0 radical (unpaired) electrons. The number of halogens is 2. The number of pyridine rings is 2. The molecule has 9 nitrogen and oxygen atoms in total. The third-order valence-electron chi connectivity index (χ3n) is 4.18. The predicted octanol–water partition coefficient (Wildman–Crippen LogP) is 3.68. The number of nitrogens with one attached hydrogen (secondary N) is 1. The van der Waals surface area contributed by atoms with E-state index in [-0.39, 0.29) is 12.1 Å². The lowest BCUT2D eigenvalue weighted by Gasteiger charge is -2.34. The molecule has 0 saturated carbocycles. The molecule has 0 saturated heterocycles. The molecule has 28 heavy (non-hydrogen) atoms. The number of hydrogen-bond acceptors (Lipinski definition) is 6. The predicted molar refractivity (Wildman–Crippen MR) is 107 cm³/mol. The number of fused-ring (bicyclic) bond motifs is 1. The number of ether oxygens (including phenoxy) is 1. The summed E-state index contributed by atoms with van der Waals surface area (Å²) in [6, 6.07) is 1.27. The number of amides is 2. The molecule has 2 amide bonds. The molecule has 0 aliphatic carbocycles. The highest BCUT2D eigenvalue weighted by molar-refractivity contribution is 9.10. The van der Waals surface area contributed by atoms with Gasteiger partial charge in [-0.2, -0.15) is 10.2 Å². The molecule has 4 rings (SSSR count). The Morgan fingerprint density at radius 1 is 1.36 bits per heavy atom. The quantitative estimate of drug-likeness (QED) is 0.635. The zero-order chi connectivity index (χ0) is 19.7. The second-order valence-electron chi connectivity index (χ2n) is 6.01. The van der Waals surface area contributed by atoms with Gasteiger partial charge in [-0.3, -0.25) is 9.88 Å². The first kappa shape index (κ1) is 18.6. The summed E-state index contributed by atoms with van der Waals surface area (Å²) >= 11 is 9.70. The van der Waals surface area contributed by atoms with Gasteiger partial charge in [-0.1, -0.05) is 18.5 Å². The Balaban J connectivity index is 1.59. The van der Waals surface area contributed by atoms with Crippen molar-refractivity contribution >= 4 is 44.9 Å². The van der Waals surface area contributed by atoms with Gasteiger partial charge in [0.2, 0.25) is 0 Å². The van der Waals surface area contributed by atoms with Crippen LogP contribution in [-0.4, -0.2) is 43.6 Å². The smallest absolute Gasteiger partial charge is 0.326 e.